The standard InChI is InChI=1S/C13H14N2/c1-3-4-5-11-6-7-12(8-14)13(9-15)10(11)2/h6-7H,3-5H2,1-2H3. The molecule has 0 aliphatic rings. The lowest BCUT2D eigenvalue weighted by atomic mass is 9.95. The van der Waals surface area contributed by atoms with Crippen LogP contribution in [-0.4, -0.2) is 0 Å². The second-order valence-electron chi connectivity index (χ2n) is 3.60. The van der Waals surface area contributed by atoms with Crippen molar-refractivity contribution >= 4 is 0 Å². The summed E-state index contributed by atoms with van der Waals surface area (Å²) >= 11 is 0. The van der Waals surface area contributed by atoms with Gasteiger partial charge >= 0.3 is 0 Å². The third-order valence-corrected chi connectivity index (χ3v) is 2.61. The molecule has 0 radical (unpaired) electrons. The largest absolute Gasteiger partial charge is 0.192 e. The van der Waals surface area contributed by atoms with Crippen LogP contribution >= 0.6 is 0 Å². The molecular formula is C13H14N2. The second-order valence-corrected chi connectivity index (χ2v) is 3.60. The molecule has 0 aliphatic heterocycles. The van der Waals surface area contributed by atoms with E-state index in [1.165, 1.54) is 5.56 Å². The minimum absolute atomic E-state index is 0.482. The fourth-order valence-electron chi connectivity index (χ4n) is 1.63. The van der Waals surface area contributed by atoms with Crippen molar-refractivity contribution in [3.8, 4) is 12.1 Å². The van der Waals surface area contributed by atoms with Crippen molar-refractivity contribution in [2.24, 2.45) is 0 Å². The monoisotopic (exact) mass is 198 g/mol. The van der Waals surface area contributed by atoms with Crippen LogP contribution in [0.3, 0.4) is 0 Å². The molecule has 0 unspecified atom stereocenters. The van der Waals surface area contributed by atoms with Gasteiger partial charge in [-0.05, 0) is 37.0 Å². The molecule has 15 heavy (non-hydrogen) atoms. The van der Waals surface area contributed by atoms with Crippen LogP contribution in [0.15, 0.2) is 12.1 Å². The van der Waals surface area contributed by atoms with Crippen molar-refractivity contribution in [2.45, 2.75) is 33.1 Å². The van der Waals surface area contributed by atoms with E-state index in [0.29, 0.717) is 11.1 Å². The van der Waals surface area contributed by atoms with E-state index in [9.17, 15) is 0 Å². The fourth-order valence-corrected chi connectivity index (χ4v) is 1.63. The minimum atomic E-state index is 0.482. The van der Waals surface area contributed by atoms with Crippen LogP contribution in [0.2, 0.25) is 0 Å². The highest BCUT2D eigenvalue weighted by atomic mass is 14.3. The Morgan fingerprint density at radius 1 is 1.20 bits per heavy atom. The number of benzene rings is 1. The molecule has 0 heterocycles. The van der Waals surface area contributed by atoms with E-state index < -0.39 is 0 Å². The highest BCUT2D eigenvalue weighted by molar-refractivity contribution is 5.52. The van der Waals surface area contributed by atoms with Crippen molar-refractivity contribution in [1.29, 1.82) is 10.5 Å². The third-order valence-electron chi connectivity index (χ3n) is 2.61. The molecule has 0 amide bonds. The summed E-state index contributed by atoms with van der Waals surface area (Å²) < 4.78 is 0. The van der Waals surface area contributed by atoms with Crippen molar-refractivity contribution < 1.29 is 0 Å². The highest BCUT2D eigenvalue weighted by Gasteiger charge is 2.08. The van der Waals surface area contributed by atoms with Gasteiger partial charge in [-0.25, -0.2) is 0 Å². The van der Waals surface area contributed by atoms with Crippen LogP contribution in [0, 0.1) is 29.6 Å². The summed E-state index contributed by atoms with van der Waals surface area (Å²) in [5.74, 6) is 0. The summed E-state index contributed by atoms with van der Waals surface area (Å²) in [6.45, 7) is 4.06. The molecule has 0 saturated carbocycles. The molecule has 0 saturated heterocycles. The van der Waals surface area contributed by atoms with E-state index in [2.05, 4.69) is 13.0 Å². The predicted octanol–water partition coefficient (Wildman–Crippen LogP) is 3.08. The van der Waals surface area contributed by atoms with Crippen molar-refractivity contribution in [3.63, 3.8) is 0 Å². The lowest BCUT2D eigenvalue weighted by molar-refractivity contribution is 0.791. The fraction of sp³-hybridized carbons (Fsp3) is 0.385. The zero-order chi connectivity index (χ0) is 11.3. The zero-order valence-electron chi connectivity index (χ0n) is 9.17. The molecule has 1 rings (SSSR count). The Kier molecular flexibility index (Phi) is 3.89. The topological polar surface area (TPSA) is 47.6 Å². The number of hydrogen-bond donors (Lipinski definition) is 0. The van der Waals surface area contributed by atoms with Crippen LogP contribution in [0.1, 0.15) is 42.0 Å². The third kappa shape index (κ3) is 2.36. The first-order valence-corrected chi connectivity index (χ1v) is 5.17. The van der Waals surface area contributed by atoms with Crippen LogP contribution in [0.5, 0.6) is 0 Å². The van der Waals surface area contributed by atoms with Gasteiger partial charge in [0.1, 0.15) is 12.1 Å². The zero-order valence-corrected chi connectivity index (χ0v) is 9.17. The Hall–Kier alpha value is -1.80. The first-order valence-electron chi connectivity index (χ1n) is 5.17. The number of unbranched alkanes of at least 4 members (excludes halogenated alkanes) is 1. The van der Waals surface area contributed by atoms with Crippen molar-refractivity contribution in [3.05, 3.63) is 34.4 Å². The summed E-state index contributed by atoms with van der Waals surface area (Å²) in [6.07, 6.45) is 3.25. The second kappa shape index (κ2) is 5.17. The Balaban J connectivity index is 3.14. The number of nitrogens with zero attached hydrogens (tertiary/aromatic N) is 2. The summed E-state index contributed by atoms with van der Waals surface area (Å²) in [6, 6.07) is 7.87. The SMILES string of the molecule is CCCCc1ccc(C#N)c(C#N)c1C. The quantitative estimate of drug-likeness (QED) is 0.749. The summed E-state index contributed by atoms with van der Waals surface area (Å²) in [7, 11) is 0. The summed E-state index contributed by atoms with van der Waals surface area (Å²) in [5.41, 5.74) is 3.17. The van der Waals surface area contributed by atoms with Gasteiger partial charge in [0.25, 0.3) is 0 Å². The van der Waals surface area contributed by atoms with Crippen LogP contribution in [0.25, 0.3) is 0 Å². The Morgan fingerprint density at radius 2 is 1.93 bits per heavy atom. The average molecular weight is 198 g/mol. The normalized spacial score (nSPS) is 9.33. The van der Waals surface area contributed by atoms with Crippen LogP contribution in [-0.2, 0) is 6.42 Å². The van der Waals surface area contributed by atoms with E-state index in [0.717, 1.165) is 24.8 Å². The van der Waals surface area contributed by atoms with E-state index in [1.807, 2.05) is 19.1 Å². The summed E-state index contributed by atoms with van der Waals surface area (Å²) in [5, 5.41) is 17.8. The number of rotatable bonds is 3. The summed E-state index contributed by atoms with van der Waals surface area (Å²) in [4.78, 5) is 0. The maximum Gasteiger partial charge on any atom is 0.101 e. The van der Waals surface area contributed by atoms with Gasteiger partial charge in [-0.1, -0.05) is 19.4 Å². The number of hydrogen-bond acceptors (Lipinski definition) is 2. The molecular weight excluding hydrogens is 184 g/mol. The van der Waals surface area contributed by atoms with E-state index in [-0.39, 0.29) is 0 Å². The molecule has 2 nitrogen and oxygen atoms in total. The van der Waals surface area contributed by atoms with Gasteiger partial charge in [0.15, 0.2) is 0 Å². The van der Waals surface area contributed by atoms with Gasteiger partial charge in [-0.15, -0.1) is 0 Å². The molecule has 2 heteroatoms. The van der Waals surface area contributed by atoms with Gasteiger partial charge in [-0.3, -0.25) is 0 Å². The van der Waals surface area contributed by atoms with E-state index >= 15 is 0 Å². The highest BCUT2D eigenvalue weighted by Crippen LogP contribution is 2.19. The van der Waals surface area contributed by atoms with Crippen molar-refractivity contribution in [1.82, 2.24) is 0 Å². The molecule has 0 spiro atoms. The maximum absolute atomic E-state index is 8.98. The van der Waals surface area contributed by atoms with Crippen molar-refractivity contribution in [2.75, 3.05) is 0 Å². The molecule has 0 aliphatic carbocycles. The van der Waals surface area contributed by atoms with Gasteiger partial charge < -0.3 is 0 Å². The smallest absolute Gasteiger partial charge is 0.101 e. The lowest BCUT2D eigenvalue weighted by Gasteiger charge is -2.07. The first-order chi connectivity index (χ1) is 7.24. The predicted molar refractivity (Wildman–Crippen MR) is 59.2 cm³/mol. The van der Waals surface area contributed by atoms with E-state index in [1.54, 1.807) is 6.07 Å². The van der Waals surface area contributed by atoms with Gasteiger partial charge in [0.2, 0.25) is 0 Å². The Morgan fingerprint density at radius 3 is 2.47 bits per heavy atom. The Labute approximate surface area is 90.8 Å². The molecule has 0 bridgehead atoms. The van der Waals surface area contributed by atoms with Crippen LogP contribution in [0.4, 0.5) is 0 Å². The van der Waals surface area contributed by atoms with Crippen LogP contribution < -0.4 is 0 Å². The van der Waals surface area contributed by atoms with Gasteiger partial charge in [0.05, 0.1) is 11.1 Å². The molecule has 0 fully saturated rings. The average Bonchev–Trinajstić information content (AvgIpc) is 2.27. The number of aryl methyl sites for hydroxylation is 1. The molecule has 1 aromatic carbocycles. The molecule has 1 aromatic rings. The number of nitriles is 2. The van der Waals surface area contributed by atoms with Gasteiger partial charge in [0, 0.05) is 0 Å². The van der Waals surface area contributed by atoms with Gasteiger partial charge in [-0.2, -0.15) is 10.5 Å². The lowest BCUT2D eigenvalue weighted by Crippen LogP contribution is -1.96. The minimum Gasteiger partial charge on any atom is -0.192 e. The molecule has 0 aromatic heterocycles. The molecule has 0 N–H and O–H groups in total. The molecule has 0 atom stereocenters. The first kappa shape index (κ1) is 11.3. The maximum atomic E-state index is 8.98. The van der Waals surface area contributed by atoms with E-state index in [4.69, 9.17) is 10.5 Å². The molecule has 76 valence electrons. The Bertz CT molecular complexity index is 433.